The van der Waals surface area contributed by atoms with Gasteiger partial charge in [0.2, 0.25) is 0 Å². The van der Waals surface area contributed by atoms with E-state index in [1.54, 1.807) is 43.3 Å². The highest BCUT2D eigenvalue weighted by Gasteiger charge is 2.49. The number of aliphatic hydroxyl groups excluding tert-OH is 1. The van der Waals surface area contributed by atoms with E-state index in [9.17, 15) is 23.5 Å². The van der Waals surface area contributed by atoms with E-state index in [1.165, 1.54) is 6.07 Å². The standard InChI is InChI=1S/C22H15F2NO4/c1-12-7-10-17(29-12)19-18(20(26)13-5-3-2-4-6-13)21(27)22(28)25(19)16-11-14(23)8-9-15(16)24/h2-11,19,26H,1H3/b20-18-. The van der Waals surface area contributed by atoms with Crippen molar-refractivity contribution in [3.63, 3.8) is 0 Å². The number of carbonyl (C=O) groups excluding carboxylic acids is 2. The molecule has 0 spiro atoms. The lowest BCUT2D eigenvalue weighted by atomic mass is 9.99. The minimum absolute atomic E-state index is 0.142. The summed E-state index contributed by atoms with van der Waals surface area (Å²) in [6, 6.07) is 12.7. The first kappa shape index (κ1) is 18.6. The van der Waals surface area contributed by atoms with E-state index >= 15 is 0 Å². The first-order chi connectivity index (χ1) is 13.9. The number of rotatable bonds is 3. The van der Waals surface area contributed by atoms with E-state index in [2.05, 4.69) is 0 Å². The Morgan fingerprint density at radius 3 is 2.41 bits per heavy atom. The number of hydrogen-bond donors (Lipinski definition) is 1. The summed E-state index contributed by atoms with van der Waals surface area (Å²) < 4.78 is 33.9. The molecule has 1 amide bonds. The number of aryl methyl sites for hydroxylation is 1. The summed E-state index contributed by atoms with van der Waals surface area (Å²) in [5, 5.41) is 10.8. The van der Waals surface area contributed by atoms with Crippen LogP contribution in [0.1, 0.15) is 23.1 Å². The van der Waals surface area contributed by atoms with E-state index in [1.807, 2.05) is 0 Å². The maximum absolute atomic E-state index is 14.5. The van der Waals surface area contributed by atoms with E-state index in [-0.39, 0.29) is 11.3 Å². The molecule has 1 N–H and O–H groups in total. The molecule has 146 valence electrons. The van der Waals surface area contributed by atoms with Gasteiger partial charge in [-0.3, -0.25) is 14.5 Å². The van der Waals surface area contributed by atoms with Crippen LogP contribution in [0.5, 0.6) is 0 Å². The normalized spacial score (nSPS) is 18.4. The number of ketones is 1. The van der Waals surface area contributed by atoms with Crippen LogP contribution in [0.15, 0.2) is 70.7 Å². The average molecular weight is 395 g/mol. The van der Waals surface area contributed by atoms with Gasteiger partial charge in [0.15, 0.2) is 0 Å². The molecule has 4 rings (SSSR count). The smallest absolute Gasteiger partial charge is 0.300 e. The van der Waals surface area contributed by atoms with Crippen molar-refractivity contribution in [2.45, 2.75) is 13.0 Å². The van der Waals surface area contributed by atoms with Gasteiger partial charge >= 0.3 is 0 Å². The van der Waals surface area contributed by atoms with Crippen molar-refractivity contribution in [2.24, 2.45) is 0 Å². The van der Waals surface area contributed by atoms with Crippen LogP contribution in [0.25, 0.3) is 5.76 Å². The Morgan fingerprint density at radius 1 is 1.03 bits per heavy atom. The van der Waals surface area contributed by atoms with Gasteiger partial charge in [-0.2, -0.15) is 0 Å². The topological polar surface area (TPSA) is 70.8 Å². The number of hydrogen-bond acceptors (Lipinski definition) is 4. The van der Waals surface area contributed by atoms with E-state index < -0.39 is 40.8 Å². The highest BCUT2D eigenvalue weighted by Crippen LogP contribution is 2.43. The van der Waals surface area contributed by atoms with Crippen LogP contribution in [-0.2, 0) is 9.59 Å². The van der Waals surface area contributed by atoms with E-state index in [0.717, 1.165) is 23.1 Å². The summed E-state index contributed by atoms with van der Waals surface area (Å²) >= 11 is 0. The highest BCUT2D eigenvalue weighted by molar-refractivity contribution is 6.51. The number of carbonyl (C=O) groups is 2. The molecule has 0 radical (unpaired) electrons. The summed E-state index contributed by atoms with van der Waals surface area (Å²) in [6.07, 6.45) is 0. The molecule has 1 saturated heterocycles. The first-order valence-corrected chi connectivity index (χ1v) is 8.76. The lowest BCUT2D eigenvalue weighted by Gasteiger charge is -2.23. The first-order valence-electron chi connectivity index (χ1n) is 8.76. The molecular formula is C22H15F2NO4. The van der Waals surface area contributed by atoms with Gasteiger partial charge in [-0.25, -0.2) is 8.78 Å². The van der Waals surface area contributed by atoms with Crippen LogP contribution in [0.4, 0.5) is 14.5 Å². The lowest BCUT2D eigenvalue weighted by Crippen LogP contribution is -2.30. The summed E-state index contributed by atoms with van der Waals surface area (Å²) in [7, 11) is 0. The minimum atomic E-state index is -1.25. The van der Waals surface area contributed by atoms with Crippen molar-refractivity contribution in [2.75, 3.05) is 4.90 Å². The van der Waals surface area contributed by atoms with Gasteiger partial charge in [0.05, 0.1) is 11.3 Å². The predicted octanol–water partition coefficient (Wildman–Crippen LogP) is 4.49. The number of benzene rings is 2. The second-order valence-electron chi connectivity index (χ2n) is 6.58. The Bertz CT molecular complexity index is 1150. The SMILES string of the molecule is Cc1ccc(C2/C(=C(/O)c3ccccc3)C(=O)C(=O)N2c2cc(F)ccc2F)o1. The van der Waals surface area contributed by atoms with Crippen LogP contribution in [0.3, 0.4) is 0 Å². The van der Waals surface area contributed by atoms with Crippen LogP contribution in [-0.4, -0.2) is 16.8 Å². The molecule has 0 saturated carbocycles. The van der Waals surface area contributed by atoms with Gasteiger partial charge in [0, 0.05) is 11.6 Å². The van der Waals surface area contributed by atoms with Gasteiger partial charge in [-0.1, -0.05) is 30.3 Å². The Kier molecular flexibility index (Phi) is 4.50. The molecule has 29 heavy (non-hydrogen) atoms. The second-order valence-corrected chi connectivity index (χ2v) is 6.58. The number of aliphatic hydroxyl groups is 1. The second kappa shape index (κ2) is 7.01. The van der Waals surface area contributed by atoms with Gasteiger partial charge in [0.25, 0.3) is 11.7 Å². The van der Waals surface area contributed by atoms with E-state index in [4.69, 9.17) is 4.42 Å². The molecule has 5 nitrogen and oxygen atoms in total. The number of anilines is 1. The summed E-state index contributed by atoms with van der Waals surface area (Å²) in [5.41, 5.74) is -0.379. The van der Waals surface area contributed by atoms with Crippen LogP contribution < -0.4 is 4.90 Å². The van der Waals surface area contributed by atoms with Crippen molar-refractivity contribution >= 4 is 23.1 Å². The number of furan rings is 1. The fourth-order valence-electron chi connectivity index (χ4n) is 3.37. The molecule has 0 aliphatic carbocycles. The Hall–Kier alpha value is -3.74. The molecule has 1 aliphatic rings. The Balaban J connectivity index is 1.98. The maximum Gasteiger partial charge on any atom is 0.300 e. The predicted molar refractivity (Wildman–Crippen MR) is 101 cm³/mol. The van der Waals surface area contributed by atoms with Gasteiger partial charge in [-0.15, -0.1) is 0 Å². The van der Waals surface area contributed by atoms with Crippen molar-refractivity contribution in [3.8, 4) is 0 Å². The zero-order chi connectivity index (χ0) is 20.7. The number of Topliss-reactive ketones (excluding diaryl/α,β-unsaturated/α-hetero) is 1. The zero-order valence-corrected chi connectivity index (χ0v) is 15.2. The van der Waals surface area contributed by atoms with E-state index in [0.29, 0.717) is 11.3 Å². The van der Waals surface area contributed by atoms with Crippen LogP contribution in [0, 0.1) is 18.6 Å². The van der Waals surface area contributed by atoms with Crippen molar-refractivity contribution < 1.29 is 27.9 Å². The molecule has 1 fully saturated rings. The van der Waals surface area contributed by atoms with Crippen LogP contribution in [0.2, 0.25) is 0 Å². The Labute approximate surface area is 164 Å². The summed E-state index contributed by atoms with van der Waals surface area (Å²) in [5.74, 6) is -3.57. The third-order valence-corrected chi connectivity index (χ3v) is 4.69. The molecular weight excluding hydrogens is 380 g/mol. The molecule has 2 heterocycles. The molecule has 1 unspecified atom stereocenters. The molecule has 0 bridgehead atoms. The highest BCUT2D eigenvalue weighted by atomic mass is 19.1. The average Bonchev–Trinajstić information content (AvgIpc) is 3.25. The van der Waals surface area contributed by atoms with Crippen LogP contribution >= 0.6 is 0 Å². The maximum atomic E-state index is 14.5. The van der Waals surface area contributed by atoms with Gasteiger partial charge < -0.3 is 9.52 Å². The molecule has 2 aromatic carbocycles. The molecule has 1 aliphatic heterocycles. The third kappa shape index (κ3) is 3.10. The fraction of sp³-hybridized carbons (Fsp3) is 0.0909. The third-order valence-electron chi connectivity index (χ3n) is 4.69. The number of amides is 1. The summed E-state index contributed by atoms with van der Waals surface area (Å²) in [4.78, 5) is 26.4. The largest absolute Gasteiger partial charge is 0.507 e. The number of nitrogens with zero attached hydrogens (tertiary/aromatic N) is 1. The summed E-state index contributed by atoms with van der Waals surface area (Å²) in [6.45, 7) is 1.66. The number of halogens is 2. The quantitative estimate of drug-likeness (QED) is 0.403. The van der Waals surface area contributed by atoms with Gasteiger partial charge in [-0.05, 0) is 31.2 Å². The van der Waals surface area contributed by atoms with Crippen molar-refractivity contribution in [1.82, 2.24) is 0 Å². The molecule has 3 aromatic rings. The van der Waals surface area contributed by atoms with Crippen molar-refractivity contribution in [1.29, 1.82) is 0 Å². The fourth-order valence-corrected chi connectivity index (χ4v) is 3.37. The zero-order valence-electron chi connectivity index (χ0n) is 15.2. The molecule has 1 aromatic heterocycles. The minimum Gasteiger partial charge on any atom is -0.507 e. The monoisotopic (exact) mass is 395 g/mol. The Morgan fingerprint density at radius 2 is 1.76 bits per heavy atom. The molecule has 1 atom stereocenters. The molecule has 7 heteroatoms. The lowest BCUT2D eigenvalue weighted by molar-refractivity contribution is -0.132. The van der Waals surface area contributed by atoms with Gasteiger partial charge in [0.1, 0.15) is 35.0 Å². The van der Waals surface area contributed by atoms with Crippen molar-refractivity contribution in [3.05, 3.63) is 95.0 Å².